The minimum atomic E-state index is -0.295. The molecule has 1 N–H and O–H groups in total. The molecule has 1 aliphatic rings. The van der Waals surface area contributed by atoms with Crippen LogP contribution in [-0.4, -0.2) is 24.0 Å². The zero-order valence-corrected chi connectivity index (χ0v) is 14.8. The predicted molar refractivity (Wildman–Crippen MR) is 98.4 cm³/mol. The van der Waals surface area contributed by atoms with Gasteiger partial charge in [-0.1, -0.05) is 42.5 Å². The van der Waals surface area contributed by atoms with Crippen molar-refractivity contribution < 1.29 is 18.7 Å². The molecule has 0 saturated heterocycles. The van der Waals surface area contributed by atoms with E-state index in [1.54, 1.807) is 0 Å². The molecule has 3 aromatic rings. The van der Waals surface area contributed by atoms with Crippen molar-refractivity contribution >= 4 is 5.91 Å². The molecule has 1 atom stereocenters. The van der Waals surface area contributed by atoms with Crippen LogP contribution in [0.3, 0.4) is 0 Å². The highest BCUT2D eigenvalue weighted by atomic mass is 16.5. The molecule has 4 rings (SSSR count). The molecule has 138 valence electrons. The van der Waals surface area contributed by atoms with Gasteiger partial charge in [-0.15, -0.1) is 0 Å². The quantitative estimate of drug-likeness (QED) is 0.726. The van der Waals surface area contributed by atoms with E-state index in [9.17, 15) is 4.79 Å². The Labute approximate surface area is 157 Å². The van der Waals surface area contributed by atoms with Crippen LogP contribution in [0, 0.1) is 0 Å². The van der Waals surface area contributed by atoms with E-state index in [0.29, 0.717) is 19.0 Å². The summed E-state index contributed by atoms with van der Waals surface area (Å²) in [4.78, 5) is 16.5. The molecule has 0 radical (unpaired) electrons. The zero-order valence-electron chi connectivity index (χ0n) is 14.8. The molecular formula is C21H20N2O4. The molecule has 27 heavy (non-hydrogen) atoms. The Bertz CT molecular complexity index is 907. The van der Waals surface area contributed by atoms with Crippen LogP contribution in [0.25, 0.3) is 0 Å². The van der Waals surface area contributed by atoms with Crippen molar-refractivity contribution in [2.45, 2.75) is 19.1 Å². The number of hydrogen-bond acceptors (Lipinski definition) is 5. The minimum absolute atomic E-state index is 0.147. The van der Waals surface area contributed by atoms with Crippen molar-refractivity contribution in [1.82, 2.24) is 10.3 Å². The molecule has 0 fully saturated rings. The first-order chi connectivity index (χ1) is 13.3. The third kappa shape index (κ3) is 4.17. The maximum absolute atomic E-state index is 12.4. The van der Waals surface area contributed by atoms with Gasteiger partial charge in [-0.3, -0.25) is 4.79 Å². The number of aromatic nitrogens is 1. The van der Waals surface area contributed by atoms with Crippen LogP contribution in [-0.2, 0) is 17.8 Å². The van der Waals surface area contributed by atoms with Crippen LogP contribution in [0.1, 0.15) is 33.6 Å². The lowest BCUT2D eigenvalue weighted by Crippen LogP contribution is -2.32. The Hall–Kier alpha value is -3.12. The molecule has 1 amide bonds. The zero-order chi connectivity index (χ0) is 18.5. The molecule has 1 aromatic heterocycles. The second-order valence-electron chi connectivity index (χ2n) is 6.25. The summed E-state index contributed by atoms with van der Waals surface area (Å²) in [5.41, 5.74) is 2.62. The second kappa shape index (κ2) is 8.05. The van der Waals surface area contributed by atoms with Crippen molar-refractivity contribution in [2.24, 2.45) is 0 Å². The summed E-state index contributed by atoms with van der Waals surface area (Å²) in [6.45, 7) is 1.21. The van der Waals surface area contributed by atoms with E-state index < -0.39 is 0 Å². The van der Waals surface area contributed by atoms with Gasteiger partial charge < -0.3 is 19.2 Å². The monoisotopic (exact) mass is 364 g/mol. The number of hydrogen-bond donors (Lipinski definition) is 1. The average Bonchev–Trinajstić information content (AvgIpc) is 3.20. The molecule has 0 aliphatic carbocycles. The van der Waals surface area contributed by atoms with Gasteiger partial charge in [-0.2, -0.15) is 0 Å². The maximum atomic E-state index is 12.4. The molecule has 6 nitrogen and oxygen atoms in total. The summed E-state index contributed by atoms with van der Waals surface area (Å²) in [5.74, 6) is 0.773. The smallest absolute Gasteiger partial charge is 0.273 e. The Morgan fingerprint density at radius 3 is 2.85 bits per heavy atom. The van der Waals surface area contributed by atoms with E-state index in [4.69, 9.17) is 13.9 Å². The van der Waals surface area contributed by atoms with Gasteiger partial charge in [0.1, 0.15) is 18.1 Å². The van der Waals surface area contributed by atoms with Crippen molar-refractivity contribution in [1.29, 1.82) is 0 Å². The van der Waals surface area contributed by atoms with Gasteiger partial charge in [0, 0.05) is 6.54 Å². The summed E-state index contributed by atoms with van der Waals surface area (Å²) < 4.78 is 16.7. The Morgan fingerprint density at radius 1 is 1.15 bits per heavy atom. The highest BCUT2D eigenvalue weighted by Gasteiger charge is 2.22. The first kappa shape index (κ1) is 17.3. The summed E-state index contributed by atoms with van der Waals surface area (Å²) >= 11 is 0. The Balaban J connectivity index is 1.32. The van der Waals surface area contributed by atoms with Gasteiger partial charge in [0.2, 0.25) is 5.89 Å². The summed E-state index contributed by atoms with van der Waals surface area (Å²) in [5, 5.41) is 2.87. The van der Waals surface area contributed by atoms with Crippen molar-refractivity contribution in [2.75, 3.05) is 13.2 Å². The van der Waals surface area contributed by atoms with E-state index in [1.807, 2.05) is 48.5 Å². The molecule has 6 heteroatoms. The van der Waals surface area contributed by atoms with Gasteiger partial charge in [0.15, 0.2) is 12.3 Å². The van der Waals surface area contributed by atoms with Crippen LogP contribution in [0.15, 0.2) is 65.3 Å². The number of rotatable bonds is 6. The SMILES string of the molecule is O=C(NCC1OCCc2ccccc21)c1coc(COc2ccccc2)n1. The van der Waals surface area contributed by atoms with Gasteiger partial charge in [-0.05, 0) is 29.7 Å². The van der Waals surface area contributed by atoms with Crippen molar-refractivity contribution in [3.05, 3.63) is 83.6 Å². The number of amides is 1. The number of para-hydroxylation sites is 1. The molecule has 2 aromatic carbocycles. The third-order valence-electron chi connectivity index (χ3n) is 4.43. The van der Waals surface area contributed by atoms with Crippen molar-refractivity contribution in [3.63, 3.8) is 0 Å². The molecule has 0 saturated carbocycles. The third-order valence-corrected chi connectivity index (χ3v) is 4.43. The van der Waals surface area contributed by atoms with Gasteiger partial charge in [0.05, 0.1) is 6.61 Å². The first-order valence-electron chi connectivity index (χ1n) is 8.89. The Morgan fingerprint density at radius 2 is 1.96 bits per heavy atom. The topological polar surface area (TPSA) is 73.6 Å². The highest BCUT2D eigenvalue weighted by molar-refractivity contribution is 5.91. The molecule has 1 aliphatic heterocycles. The fraction of sp³-hybridized carbons (Fsp3) is 0.238. The molecule has 0 spiro atoms. The van der Waals surface area contributed by atoms with Crippen LogP contribution < -0.4 is 10.1 Å². The fourth-order valence-electron chi connectivity index (χ4n) is 3.06. The van der Waals surface area contributed by atoms with Crippen LogP contribution in [0.4, 0.5) is 0 Å². The van der Waals surface area contributed by atoms with E-state index in [0.717, 1.165) is 17.7 Å². The van der Waals surface area contributed by atoms with Gasteiger partial charge in [0.25, 0.3) is 5.91 Å². The first-order valence-corrected chi connectivity index (χ1v) is 8.89. The van der Waals surface area contributed by atoms with Crippen LogP contribution in [0.5, 0.6) is 5.75 Å². The molecule has 1 unspecified atom stereocenters. The molecular weight excluding hydrogens is 344 g/mol. The van der Waals surface area contributed by atoms with E-state index in [2.05, 4.69) is 16.4 Å². The van der Waals surface area contributed by atoms with E-state index >= 15 is 0 Å². The van der Waals surface area contributed by atoms with Crippen molar-refractivity contribution in [3.8, 4) is 5.75 Å². The number of carbonyl (C=O) groups is 1. The number of benzene rings is 2. The lowest BCUT2D eigenvalue weighted by atomic mass is 9.97. The number of nitrogens with zero attached hydrogens (tertiary/aromatic N) is 1. The largest absolute Gasteiger partial charge is 0.484 e. The summed E-state index contributed by atoms with van der Waals surface area (Å²) in [7, 11) is 0. The van der Waals surface area contributed by atoms with Gasteiger partial charge >= 0.3 is 0 Å². The van der Waals surface area contributed by atoms with Crippen LogP contribution in [0.2, 0.25) is 0 Å². The molecule has 0 bridgehead atoms. The number of fused-ring (bicyclic) bond motifs is 1. The standard InChI is InChI=1S/C21H20N2O4/c24-21(22-12-19-17-9-5-4-6-15(17)10-11-25-19)18-13-27-20(23-18)14-26-16-7-2-1-3-8-16/h1-9,13,19H,10-12,14H2,(H,22,24). The van der Waals surface area contributed by atoms with E-state index in [-0.39, 0.29) is 24.3 Å². The summed E-state index contributed by atoms with van der Waals surface area (Å²) in [6, 6.07) is 17.5. The van der Waals surface area contributed by atoms with E-state index in [1.165, 1.54) is 11.8 Å². The Kier molecular flexibility index (Phi) is 5.16. The summed E-state index contributed by atoms with van der Waals surface area (Å²) in [6.07, 6.45) is 2.09. The second-order valence-corrected chi connectivity index (χ2v) is 6.25. The molecule has 2 heterocycles. The van der Waals surface area contributed by atoms with Gasteiger partial charge in [-0.25, -0.2) is 4.98 Å². The maximum Gasteiger partial charge on any atom is 0.273 e. The normalized spacial score (nSPS) is 15.8. The lowest BCUT2D eigenvalue weighted by molar-refractivity contribution is 0.0411. The average molecular weight is 364 g/mol. The fourth-order valence-corrected chi connectivity index (χ4v) is 3.06. The predicted octanol–water partition coefficient (Wildman–Crippen LogP) is 3.30. The number of nitrogens with one attached hydrogen (secondary N) is 1. The highest BCUT2D eigenvalue weighted by Crippen LogP contribution is 2.26. The number of ether oxygens (including phenoxy) is 2. The number of carbonyl (C=O) groups excluding carboxylic acids is 1. The van der Waals surface area contributed by atoms with Crippen LogP contribution >= 0.6 is 0 Å². The number of oxazole rings is 1. The minimum Gasteiger partial charge on any atom is -0.484 e. The lowest BCUT2D eigenvalue weighted by Gasteiger charge is -2.26.